The van der Waals surface area contributed by atoms with Crippen molar-refractivity contribution in [2.75, 3.05) is 0 Å². The van der Waals surface area contributed by atoms with Crippen LogP contribution in [0.15, 0.2) is 11.6 Å². The van der Waals surface area contributed by atoms with E-state index in [2.05, 4.69) is 15.9 Å². The van der Waals surface area contributed by atoms with Gasteiger partial charge in [0.25, 0.3) is 0 Å². The van der Waals surface area contributed by atoms with E-state index in [1.54, 1.807) is 0 Å². The SMILES string of the molecule is C[C@]1(O)OC(=O)C=C1[C@H]1CC[C@](C)(Cl)[C@@H](Br)C1. The van der Waals surface area contributed by atoms with Gasteiger partial charge in [-0.2, -0.15) is 0 Å². The normalized spacial score (nSPS) is 46.6. The predicted molar refractivity (Wildman–Crippen MR) is 69.1 cm³/mol. The molecule has 2 rings (SSSR count). The third-order valence-corrected chi connectivity index (χ3v) is 5.77. The van der Waals surface area contributed by atoms with Crippen molar-refractivity contribution in [3.05, 3.63) is 11.6 Å². The second-order valence-electron chi connectivity index (χ2n) is 5.22. The van der Waals surface area contributed by atoms with Crippen LogP contribution in [0, 0.1) is 5.92 Å². The Balaban J connectivity index is 2.16. The molecule has 1 aliphatic carbocycles. The molecule has 0 bridgehead atoms. The summed E-state index contributed by atoms with van der Waals surface area (Å²) in [6.07, 6.45) is 3.93. The van der Waals surface area contributed by atoms with Crippen LogP contribution in [0.2, 0.25) is 0 Å². The molecule has 0 radical (unpaired) electrons. The highest BCUT2D eigenvalue weighted by molar-refractivity contribution is 9.09. The van der Waals surface area contributed by atoms with E-state index >= 15 is 0 Å². The standard InChI is InChI=1S/C12H16BrClO3/c1-11(14)4-3-7(5-9(11)13)8-6-10(15)17-12(8,2)16/h6-7,9,16H,3-5H2,1-2H3/t7-,9-,11-,12-/m0/s1. The molecule has 17 heavy (non-hydrogen) atoms. The number of halogens is 2. The minimum Gasteiger partial charge on any atom is -0.426 e. The van der Waals surface area contributed by atoms with Crippen LogP contribution >= 0.6 is 27.5 Å². The quantitative estimate of drug-likeness (QED) is 0.596. The van der Waals surface area contributed by atoms with Crippen molar-refractivity contribution in [3.63, 3.8) is 0 Å². The van der Waals surface area contributed by atoms with Gasteiger partial charge < -0.3 is 9.84 Å². The van der Waals surface area contributed by atoms with E-state index in [0.717, 1.165) is 19.3 Å². The first-order chi connectivity index (χ1) is 7.72. The van der Waals surface area contributed by atoms with Gasteiger partial charge in [-0.05, 0) is 32.1 Å². The Morgan fingerprint density at radius 3 is 2.71 bits per heavy atom. The summed E-state index contributed by atoms with van der Waals surface area (Å²) >= 11 is 9.95. The van der Waals surface area contributed by atoms with Gasteiger partial charge in [0.2, 0.25) is 5.79 Å². The summed E-state index contributed by atoms with van der Waals surface area (Å²) in [7, 11) is 0. The number of aliphatic hydroxyl groups is 1. The van der Waals surface area contributed by atoms with Crippen LogP contribution < -0.4 is 0 Å². The van der Waals surface area contributed by atoms with Crippen molar-refractivity contribution in [2.24, 2.45) is 5.92 Å². The molecule has 0 saturated heterocycles. The van der Waals surface area contributed by atoms with E-state index < -0.39 is 11.8 Å². The molecular formula is C12H16BrClO3. The smallest absolute Gasteiger partial charge is 0.333 e. The number of hydrogen-bond acceptors (Lipinski definition) is 3. The van der Waals surface area contributed by atoms with Crippen molar-refractivity contribution < 1.29 is 14.6 Å². The van der Waals surface area contributed by atoms with E-state index in [-0.39, 0.29) is 15.6 Å². The molecule has 1 fully saturated rings. The van der Waals surface area contributed by atoms with Gasteiger partial charge in [0, 0.05) is 23.4 Å². The molecule has 3 nitrogen and oxygen atoms in total. The Kier molecular flexibility index (Phi) is 3.34. The number of hydrogen-bond donors (Lipinski definition) is 1. The zero-order chi connectivity index (χ0) is 12.8. The summed E-state index contributed by atoms with van der Waals surface area (Å²) in [4.78, 5) is 11.1. The lowest BCUT2D eigenvalue weighted by molar-refractivity contribution is -0.176. The molecule has 1 saturated carbocycles. The molecule has 4 atom stereocenters. The van der Waals surface area contributed by atoms with E-state index in [1.165, 1.54) is 13.0 Å². The van der Waals surface area contributed by atoms with E-state index in [9.17, 15) is 9.90 Å². The summed E-state index contributed by atoms with van der Waals surface area (Å²) in [6.45, 7) is 3.52. The van der Waals surface area contributed by atoms with E-state index in [1.807, 2.05) is 6.92 Å². The van der Waals surface area contributed by atoms with Gasteiger partial charge in [-0.15, -0.1) is 11.6 Å². The molecule has 0 aromatic rings. The molecular weight excluding hydrogens is 307 g/mol. The second-order valence-corrected chi connectivity index (χ2v) is 7.19. The zero-order valence-electron chi connectivity index (χ0n) is 9.87. The molecule has 1 aliphatic heterocycles. The number of ether oxygens (including phenoxy) is 1. The Morgan fingerprint density at radius 1 is 1.59 bits per heavy atom. The van der Waals surface area contributed by atoms with Gasteiger partial charge in [0.1, 0.15) is 0 Å². The van der Waals surface area contributed by atoms with Gasteiger partial charge >= 0.3 is 5.97 Å². The molecule has 1 N–H and O–H groups in total. The van der Waals surface area contributed by atoms with Crippen LogP contribution in [-0.4, -0.2) is 26.6 Å². The van der Waals surface area contributed by atoms with Crippen molar-refractivity contribution in [1.82, 2.24) is 0 Å². The van der Waals surface area contributed by atoms with E-state index in [4.69, 9.17) is 16.3 Å². The number of alkyl halides is 2. The molecule has 5 heteroatoms. The first-order valence-corrected chi connectivity index (χ1v) is 7.02. The van der Waals surface area contributed by atoms with Gasteiger partial charge in [-0.25, -0.2) is 4.79 Å². The molecule has 0 aromatic heterocycles. The number of rotatable bonds is 1. The third kappa shape index (κ3) is 2.54. The fourth-order valence-corrected chi connectivity index (χ4v) is 3.43. The maximum atomic E-state index is 11.2. The van der Waals surface area contributed by atoms with Gasteiger partial charge in [0.05, 0.1) is 4.87 Å². The largest absolute Gasteiger partial charge is 0.426 e. The number of cyclic esters (lactones) is 1. The summed E-state index contributed by atoms with van der Waals surface area (Å²) in [5.41, 5.74) is 0.680. The average Bonchev–Trinajstić information content (AvgIpc) is 2.44. The molecule has 2 aliphatic rings. The summed E-state index contributed by atoms with van der Waals surface area (Å²) in [5.74, 6) is -1.77. The molecule has 96 valence electrons. The van der Waals surface area contributed by atoms with Crippen molar-refractivity contribution in [3.8, 4) is 0 Å². The van der Waals surface area contributed by atoms with Crippen molar-refractivity contribution >= 4 is 33.5 Å². The maximum absolute atomic E-state index is 11.2. The van der Waals surface area contributed by atoms with Crippen LogP contribution in [0.4, 0.5) is 0 Å². The predicted octanol–water partition coefficient (Wildman–Crippen LogP) is 2.74. The van der Waals surface area contributed by atoms with Crippen molar-refractivity contribution in [2.45, 2.75) is 48.6 Å². The molecule has 1 heterocycles. The molecule has 0 amide bonds. The highest BCUT2D eigenvalue weighted by Crippen LogP contribution is 2.46. The second kappa shape index (κ2) is 4.25. The molecule has 0 spiro atoms. The topological polar surface area (TPSA) is 46.5 Å². The zero-order valence-corrected chi connectivity index (χ0v) is 12.2. The Morgan fingerprint density at radius 2 is 2.24 bits per heavy atom. The van der Waals surface area contributed by atoms with Crippen LogP contribution in [0.1, 0.15) is 33.1 Å². The fourth-order valence-electron chi connectivity index (χ4n) is 2.55. The lowest BCUT2D eigenvalue weighted by Gasteiger charge is -2.39. The van der Waals surface area contributed by atoms with Crippen LogP contribution in [0.5, 0.6) is 0 Å². The lowest BCUT2D eigenvalue weighted by Crippen LogP contribution is -2.40. The maximum Gasteiger partial charge on any atom is 0.333 e. The Labute approximate surface area is 114 Å². The van der Waals surface area contributed by atoms with Crippen LogP contribution in [0.3, 0.4) is 0 Å². The highest BCUT2D eigenvalue weighted by Gasteiger charge is 2.45. The number of carbonyl (C=O) groups excluding carboxylic acids is 1. The van der Waals surface area contributed by atoms with Gasteiger partial charge in [-0.3, -0.25) is 0 Å². The van der Waals surface area contributed by atoms with E-state index in [0.29, 0.717) is 5.57 Å². The first-order valence-electron chi connectivity index (χ1n) is 5.73. The third-order valence-electron chi connectivity index (χ3n) is 3.67. The first kappa shape index (κ1) is 13.4. The Bertz CT molecular complexity index is 376. The molecule has 0 aromatic carbocycles. The average molecular weight is 324 g/mol. The molecule has 0 unspecified atom stereocenters. The number of carbonyl (C=O) groups is 1. The van der Waals surface area contributed by atoms with Crippen LogP contribution in [-0.2, 0) is 9.53 Å². The minimum atomic E-state index is -1.45. The summed E-state index contributed by atoms with van der Waals surface area (Å²) in [5, 5.41) is 10.0. The Hall–Kier alpha value is -0.0600. The van der Waals surface area contributed by atoms with Gasteiger partial charge in [0.15, 0.2) is 0 Å². The van der Waals surface area contributed by atoms with Crippen molar-refractivity contribution in [1.29, 1.82) is 0 Å². The van der Waals surface area contributed by atoms with Crippen LogP contribution in [0.25, 0.3) is 0 Å². The minimum absolute atomic E-state index is 0.146. The lowest BCUT2D eigenvalue weighted by atomic mass is 9.77. The highest BCUT2D eigenvalue weighted by atomic mass is 79.9. The summed E-state index contributed by atoms with van der Waals surface area (Å²) < 4.78 is 4.88. The van der Waals surface area contributed by atoms with Gasteiger partial charge in [-0.1, -0.05) is 15.9 Å². The monoisotopic (exact) mass is 322 g/mol. The summed E-state index contributed by atoms with van der Waals surface area (Å²) in [6, 6.07) is 0. The number of esters is 1. The fraction of sp³-hybridized carbons (Fsp3) is 0.750.